The summed E-state index contributed by atoms with van der Waals surface area (Å²) in [6, 6.07) is 12.5. The number of hydrogen-bond donors (Lipinski definition) is 0. The van der Waals surface area contributed by atoms with E-state index in [1.54, 1.807) is 11.3 Å². The van der Waals surface area contributed by atoms with Gasteiger partial charge in [-0.2, -0.15) is 0 Å². The highest BCUT2D eigenvalue weighted by atomic mass is 35.5. The molecule has 0 saturated carbocycles. The lowest BCUT2D eigenvalue weighted by Gasteiger charge is -2.15. The standard InChI is InChI=1S/C20H21ClN2S/c21-17-7-8-18-16(14-17)13-15(5-3-11-23-9-1-2-10-23)20(22-18)19-6-4-12-24-19/h4,6-8,12-14H,1-3,5,9-11H2. The average molecular weight is 357 g/mol. The van der Waals surface area contributed by atoms with Gasteiger partial charge in [-0.3, -0.25) is 0 Å². The molecule has 1 aliphatic rings. The Morgan fingerprint density at radius 2 is 2.00 bits per heavy atom. The predicted molar refractivity (Wildman–Crippen MR) is 104 cm³/mol. The van der Waals surface area contributed by atoms with Crippen LogP contribution in [0, 0.1) is 0 Å². The average Bonchev–Trinajstić information content (AvgIpc) is 3.28. The van der Waals surface area contributed by atoms with Gasteiger partial charge in [0.05, 0.1) is 16.1 Å². The molecule has 0 radical (unpaired) electrons. The number of hydrogen-bond acceptors (Lipinski definition) is 3. The third kappa shape index (κ3) is 3.49. The van der Waals surface area contributed by atoms with E-state index in [0.717, 1.165) is 28.0 Å². The number of thiophene rings is 1. The molecule has 0 amide bonds. The molecule has 4 heteroatoms. The molecule has 0 unspecified atom stereocenters. The monoisotopic (exact) mass is 356 g/mol. The number of likely N-dealkylation sites (tertiary alicyclic amines) is 1. The molecule has 3 aromatic rings. The maximum atomic E-state index is 6.17. The number of aromatic nitrogens is 1. The van der Waals surface area contributed by atoms with Crippen LogP contribution in [0.3, 0.4) is 0 Å². The van der Waals surface area contributed by atoms with Gasteiger partial charge in [0.2, 0.25) is 0 Å². The lowest BCUT2D eigenvalue weighted by molar-refractivity contribution is 0.334. The van der Waals surface area contributed by atoms with Gasteiger partial charge in [0.15, 0.2) is 0 Å². The Hall–Kier alpha value is -1.42. The quantitative estimate of drug-likeness (QED) is 0.587. The molecule has 1 saturated heterocycles. The van der Waals surface area contributed by atoms with Crippen molar-refractivity contribution in [3.8, 4) is 10.6 Å². The molecule has 0 atom stereocenters. The third-order valence-corrected chi connectivity index (χ3v) is 5.84. The Bertz CT molecular complexity index is 823. The van der Waals surface area contributed by atoms with Crippen molar-refractivity contribution >= 4 is 33.8 Å². The molecule has 2 nitrogen and oxygen atoms in total. The summed E-state index contributed by atoms with van der Waals surface area (Å²) in [7, 11) is 0. The van der Waals surface area contributed by atoms with Crippen LogP contribution in [0.2, 0.25) is 5.02 Å². The van der Waals surface area contributed by atoms with Gasteiger partial charge in [0, 0.05) is 10.4 Å². The van der Waals surface area contributed by atoms with E-state index in [2.05, 4.69) is 28.5 Å². The first-order valence-electron chi connectivity index (χ1n) is 8.65. The third-order valence-electron chi connectivity index (χ3n) is 4.73. The van der Waals surface area contributed by atoms with Gasteiger partial charge in [-0.25, -0.2) is 4.98 Å². The van der Waals surface area contributed by atoms with E-state index < -0.39 is 0 Å². The molecule has 1 aliphatic heterocycles. The molecule has 4 rings (SSSR count). The highest BCUT2D eigenvalue weighted by Crippen LogP contribution is 2.31. The fourth-order valence-corrected chi connectivity index (χ4v) is 4.44. The van der Waals surface area contributed by atoms with Crippen LogP contribution in [-0.2, 0) is 6.42 Å². The number of halogens is 1. The lowest BCUT2D eigenvalue weighted by atomic mass is 10.0. The first kappa shape index (κ1) is 16.1. The van der Waals surface area contributed by atoms with Crippen LogP contribution < -0.4 is 0 Å². The van der Waals surface area contributed by atoms with Crippen molar-refractivity contribution < 1.29 is 0 Å². The Morgan fingerprint density at radius 1 is 1.12 bits per heavy atom. The lowest BCUT2D eigenvalue weighted by Crippen LogP contribution is -2.20. The molecular formula is C20H21ClN2S. The number of rotatable bonds is 5. The zero-order chi connectivity index (χ0) is 16.4. The minimum Gasteiger partial charge on any atom is -0.303 e. The van der Waals surface area contributed by atoms with Crippen molar-refractivity contribution in [2.45, 2.75) is 25.7 Å². The van der Waals surface area contributed by atoms with Gasteiger partial charge in [0.1, 0.15) is 0 Å². The predicted octanol–water partition coefficient (Wildman–Crippen LogP) is 5.65. The Morgan fingerprint density at radius 3 is 2.79 bits per heavy atom. The van der Waals surface area contributed by atoms with Crippen molar-refractivity contribution in [2.75, 3.05) is 19.6 Å². The van der Waals surface area contributed by atoms with Gasteiger partial charge < -0.3 is 4.90 Å². The molecule has 0 aliphatic carbocycles. The van der Waals surface area contributed by atoms with E-state index in [1.165, 1.54) is 49.3 Å². The molecule has 0 spiro atoms. The molecule has 24 heavy (non-hydrogen) atoms. The van der Waals surface area contributed by atoms with Crippen molar-refractivity contribution in [1.82, 2.24) is 9.88 Å². The molecule has 0 N–H and O–H groups in total. The molecule has 1 aromatic carbocycles. The van der Waals surface area contributed by atoms with E-state index in [-0.39, 0.29) is 0 Å². The van der Waals surface area contributed by atoms with Crippen molar-refractivity contribution in [1.29, 1.82) is 0 Å². The maximum absolute atomic E-state index is 6.17. The Labute approximate surface area is 152 Å². The topological polar surface area (TPSA) is 16.1 Å². The number of fused-ring (bicyclic) bond motifs is 1. The van der Waals surface area contributed by atoms with Gasteiger partial charge in [-0.1, -0.05) is 17.7 Å². The summed E-state index contributed by atoms with van der Waals surface area (Å²) in [4.78, 5) is 8.78. The fraction of sp³-hybridized carbons (Fsp3) is 0.350. The van der Waals surface area contributed by atoms with E-state index >= 15 is 0 Å². The number of pyridine rings is 1. The van der Waals surface area contributed by atoms with Crippen LogP contribution in [0.5, 0.6) is 0 Å². The highest BCUT2D eigenvalue weighted by Gasteiger charge is 2.13. The van der Waals surface area contributed by atoms with E-state index in [1.807, 2.05) is 18.2 Å². The highest BCUT2D eigenvalue weighted by molar-refractivity contribution is 7.13. The first-order valence-corrected chi connectivity index (χ1v) is 9.91. The van der Waals surface area contributed by atoms with Crippen molar-refractivity contribution in [2.24, 2.45) is 0 Å². The summed E-state index contributed by atoms with van der Waals surface area (Å²) in [5, 5.41) is 4.03. The minimum atomic E-state index is 0.774. The molecule has 0 bridgehead atoms. The van der Waals surface area contributed by atoms with E-state index in [9.17, 15) is 0 Å². The fourth-order valence-electron chi connectivity index (χ4n) is 3.51. The van der Waals surface area contributed by atoms with Crippen molar-refractivity contribution in [3.63, 3.8) is 0 Å². The summed E-state index contributed by atoms with van der Waals surface area (Å²) in [5.74, 6) is 0. The van der Waals surface area contributed by atoms with Gasteiger partial charge in [-0.05, 0) is 86.6 Å². The van der Waals surface area contributed by atoms with E-state index in [4.69, 9.17) is 16.6 Å². The minimum absolute atomic E-state index is 0.774. The van der Waals surface area contributed by atoms with Gasteiger partial charge >= 0.3 is 0 Å². The summed E-state index contributed by atoms with van der Waals surface area (Å²) in [5.41, 5.74) is 3.50. The van der Waals surface area contributed by atoms with Crippen LogP contribution in [0.1, 0.15) is 24.8 Å². The SMILES string of the molecule is Clc1ccc2nc(-c3cccs3)c(CCCN3CCCC3)cc2c1. The second kappa shape index (κ2) is 7.22. The molecule has 1 fully saturated rings. The largest absolute Gasteiger partial charge is 0.303 e. The summed E-state index contributed by atoms with van der Waals surface area (Å²) in [6.07, 6.45) is 4.97. The molecule has 3 heterocycles. The number of benzene rings is 1. The summed E-state index contributed by atoms with van der Waals surface area (Å²) in [6.45, 7) is 3.73. The molecule has 124 valence electrons. The molecule has 2 aromatic heterocycles. The van der Waals surface area contributed by atoms with Gasteiger partial charge in [0.25, 0.3) is 0 Å². The van der Waals surface area contributed by atoms with Crippen LogP contribution in [0.15, 0.2) is 41.8 Å². The first-order chi connectivity index (χ1) is 11.8. The van der Waals surface area contributed by atoms with Gasteiger partial charge in [-0.15, -0.1) is 11.3 Å². The summed E-state index contributed by atoms with van der Waals surface area (Å²) < 4.78 is 0. The second-order valence-corrected chi connectivity index (χ2v) is 7.85. The zero-order valence-corrected chi connectivity index (χ0v) is 15.2. The second-order valence-electron chi connectivity index (χ2n) is 6.46. The normalized spacial score (nSPS) is 15.4. The van der Waals surface area contributed by atoms with Crippen LogP contribution in [-0.4, -0.2) is 29.5 Å². The number of nitrogens with zero attached hydrogens (tertiary/aromatic N) is 2. The maximum Gasteiger partial charge on any atom is 0.0841 e. The molecular weight excluding hydrogens is 336 g/mol. The smallest absolute Gasteiger partial charge is 0.0841 e. The van der Waals surface area contributed by atoms with E-state index in [0.29, 0.717) is 0 Å². The van der Waals surface area contributed by atoms with Crippen LogP contribution in [0.4, 0.5) is 0 Å². The summed E-state index contributed by atoms with van der Waals surface area (Å²) >= 11 is 7.93. The Kier molecular flexibility index (Phi) is 4.83. The number of aryl methyl sites for hydroxylation is 1. The Balaban J connectivity index is 1.64. The van der Waals surface area contributed by atoms with Crippen LogP contribution in [0.25, 0.3) is 21.5 Å². The van der Waals surface area contributed by atoms with Crippen molar-refractivity contribution in [3.05, 3.63) is 52.4 Å². The zero-order valence-electron chi connectivity index (χ0n) is 13.7. The van der Waals surface area contributed by atoms with Crippen LogP contribution >= 0.6 is 22.9 Å².